The fraction of sp³-hybridized carbons (Fsp3) is 0.312. The van der Waals surface area contributed by atoms with Crippen molar-refractivity contribution >= 4 is 17.5 Å². The van der Waals surface area contributed by atoms with E-state index in [4.69, 9.17) is 9.47 Å². The molecule has 0 bridgehead atoms. The molecule has 10 heteroatoms. The molecule has 2 N–H and O–H groups in total. The van der Waals surface area contributed by atoms with E-state index in [1.54, 1.807) is 30.7 Å². The van der Waals surface area contributed by atoms with Crippen LogP contribution in [0, 0.1) is 0 Å². The number of benzene rings is 2. The number of hydrogen-bond donors (Lipinski definition) is 2. The van der Waals surface area contributed by atoms with Gasteiger partial charge in [-0.15, -0.1) is 0 Å². The Bertz CT molecular complexity index is 1450. The van der Waals surface area contributed by atoms with Crippen LogP contribution in [0.4, 0.5) is 11.6 Å². The first-order chi connectivity index (χ1) is 20.6. The van der Waals surface area contributed by atoms with E-state index in [9.17, 15) is 9.90 Å². The molecule has 6 rings (SSSR count). The predicted octanol–water partition coefficient (Wildman–Crippen LogP) is 3.98. The Hall–Kier alpha value is -4.22. The van der Waals surface area contributed by atoms with Gasteiger partial charge in [0, 0.05) is 75.2 Å². The summed E-state index contributed by atoms with van der Waals surface area (Å²) in [7, 11) is 0. The molecule has 2 aliphatic heterocycles. The molecule has 0 unspecified atom stereocenters. The summed E-state index contributed by atoms with van der Waals surface area (Å²) in [5.41, 5.74) is 3.86. The van der Waals surface area contributed by atoms with E-state index < -0.39 is 6.29 Å². The molecule has 0 radical (unpaired) electrons. The van der Waals surface area contributed by atoms with Crippen molar-refractivity contribution in [3.8, 4) is 0 Å². The predicted molar refractivity (Wildman–Crippen MR) is 158 cm³/mol. The molecule has 3 atom stereocenters. The standard InChI is InChI=1S/C32H34N6O4/c39-22-23-7-9-24(10-8-23)29-19-28(21-37-14-16-38(17-15-37)32-34-12-3-13-35-32)41-31(42-29)25-4-1-6-27(18-25)36-30(40)26-5-2-11-33-20-26/h1-13,18,20,28-29,31,39H,14-17,19,21-22H2,(H,36,40)/t28-,29+,31+/m0/s1. The number of carbonyl (C=O) groups is 1. The fourth-order valence-corrected chi connectivity index (χ4v) is 5.37. The summed E-state index contributed by atoms with van der Waals surface area (Å²) in [5, 5.41) is 12.5. The van der Waals surface area contributed by atoms with Crippen molar-refractivity contribution in [1.29, 1.82) is 0 Å². The number of carbonyl (C=O) groups excluding carboxylic acids is 1. The van der Waals surface area contributed by atoms with Gasteiger partial charge in [-0.2, -0.15) is 0 Å². The van der Waals surface area contributed by atoms with Crippen molar-refractivity contribution < 1.29 is 19.4 Å². The lowest BCUT2D eigenvalue weighted by molar-refractivity contribution is -0.253. The van der Waals surface area contributed by atoms with Gasteiger partial charge in [0.15, 0.2) is 6.29 Å². The zero-order chi connectivity index (χ0) is 28.7. The van der Waals surface area contributed by atoms with Crippen molar-refractivity contribution in [3.05, 3.63) is 114 Å². The first-order valence-electron chi connectivity index (χ1n) is 14.2. The minimum absolute atomic E-state index is 0.00226. The molecule has 4 heterocycles. The summed E-state index contributed by atoms with van der Waals surface area (Å²) >= 11 is 0. The number of anilines is 2. The molecule has 216 valence electrons. The number of aliphatic hydroxyl groups is 1. The van der Waals surface area contributed by atoms with Gasteiger partial charge in [-0.1, -0.05) is 36.4 Å². The number of piperazine rings is 1. The first-order valence-corrected chi connectivity index (χ1v) is 14.2. The zero-order valence-electron chi connectivity index (χ0n) is 23.3. The van der Waals surface area contributed by atoms with Crippen molar-refractivity contribution in [2.45, 2.75) is 31.5 Å². The van der Waals surface area contributed by atoms with E-state index in [2.05, 4.69) is 30.1 Å². The van der Waals surface area contributed by atoms with Crippen LogP contribution in [0.15, 0.2) is 91.5 Å². The van der Waals surface area contributed by atoms with Crippen molar-refractivity contribution in [2.24, 2.45) is 0 Å². The molecule has 0 saturated carbocycles. The van der Waals surface area contributed by atoms with Gasteiger partial charge in [-0.3, -0.25) is 14.7 Å². The number of hydrogen-bond acceptors (Lipinski definition) is 9. The largest absolute Gasteiger partial charge is 0.392 e. The molecule has 2 aromatic heterocycles. The monoisotopic (exact) mass is 566 g/mol. The summed E-state index contributed by atoms with van der Waals surface area (Å²) in [6.07, 6.45) is 6.56. The number of rotatable bonds is 8. The number of nitrogens with one attached hydrogen (secondary N) is 1. The average molecular weight is 567 g/mol. The van der Waals surface area contributed by atoms with E-state index in [1.165, 1.54) is 6.20 Å². The van der Waals surface area contributed by atoms with Crippen LogP contribution in [-0.4, -0.2) is 69.7 Å². The number of amides is 1. The van der Waals surface area contributed by atoms with Gasteiger partial charge in [-0.05, 0) is 41.5 Å². The average Bonchev–Trinajstić information content (AvgIpc) is 3.06. The first kappa shape index (κ1) is 27.9. The maximum atomic E-state index is 12.7. The number of aliphatic hydroxyl groups excluding tert-OH is 1. The minimum atomic E-state index is -0.611. The second kappa shape index (κ2) is 13.2. The highest BCUT2D eigenvalue weighted by atomic mass is 16.7. The van der Waals surface area contributed by atoms with Crippen LogP contribution in [-0.2, 0) is 16.1 Å². The molecule has 1 amide bonds. The Morgan fingerprint density at radius 3 is 2.45 bits per heavy atom. The third-order valence-corrected chi connectivity index (χ3v) is 7.62. The van der Waals surface area contributed by atoms with Crippen molar-refractivity contribution in [2.75, 3.05) is 42.9 Å². The van der Waals surface area contributed by atoms with Gasteiger partial charge in [0.05, 0.1) is 24.4 Å². The van der Waals surface area contributed by atoms with Crippen molar-refractivity contribution in [3.63, 3.8) is 0 Å². The maximum Gasteiger partial charge on any atom is 0.257 e. The molecule has 42 heavy (non-hydrogen) atoms. The number of ether oxygens (including phenoxy) is 2. The molecule has 2 aromatic carbocycles. The molecule has 4 aromatic rings. The molecule has 0 aliphatic carbocycles. The third-order valence-electron chi connectivity index (χ3n) is 7.62. The second-order valence-corrected chi connectivity index (χ2v) is 10.5. The van der Waals surface area contributed by atoms with Crippen LogP contribution < -0.4 is 10.2 Å². The molecule has 2 saturated heterocycles. The quantitative estimate of drug-likeness (QED) is 0.327. The topological polar surface area (TPSA) is 113 Å². The lowest BCUT2D eigenvalue weighted by atomic mass is 9.99. The van der Waals surface area contributed by atoms with Crippen LogP contribution >= 0.6 is 0 Å². The summed E-state index contributed by atoms with van der Waals surface area (Å²) in [5.74, 6) is 0.534. The van der Waals surface area contributed by atoms with Gasteiger partial charge in [-0.25, -0.2) is 9.97 Å². The zero-order valence-corrected chi connectivity index (χ0v) is 23.3. The third kappa shape index (κ3) is 6.80. The summed E-state index contributed by atoms with van der Waals surface area (Å²) in [6.45, 7) is 4.23. The van der Waals surface area contributed by atoms with Gasteiger partial charge < -0.3 is 24.8 Å². The summed E-state index contributed by atoms with van der Waals surface area (Å²) in [6, 6.07) is 20.8. The van der Waals surface area contributed by atoms with Crippen molar-refractivity contribution in [1.82, 2.24) is 19.9 Å². The van der Waals surface area contributed by atoms with Crippen LogP contribution in [0.2, 0.25) is 0 Å². The lowest BCUT2D eigenvalue weighted by Crippen LogP contribution is -2.50. The SMILES string of the molecule is O=C(Nc1cccc([C@@H]2O[C@H](CN3CCN(c4ncccn4)CC3)C[C@H](c3ccc(CO)cc3)O2)c1)c1cccnc1. The molecule has 2 aliphatic rings. The molecule has 0 spiro atoms. The number of pyridine rings is 1. The Morgan fingerprint density at radius 2 is 1.71 bits per heavy atom. The highest BCUT2D eigenvalue weighted by Gasteiger charge is 2.34. The molecule has 10 nitrogen and oxygen atoms in total. The maximum absolute atomic E-state index is 12.7. The van der Waals surface area contributed by atoms with Gasteiger partial charge >= 0.3 is 0 Å². The Morgan fingerprint density at radius 1 is 0.905 bits per heavy atom. The molecule has 2 fully saturated rings. The molecular weight excluding hydrogens is 532 g/mol. The van der Waals surface area contributed by atoms with Gasteiger partial charge in [0.25, 0.3) is 5.91 Å². The highest BCUT2D eigenvalue weighted by Crippen LogP contribution is 2.38. The van der Waals surface area contributed by atoms with Crippen LogP contribution in [0.25, 0.3) is 0 Å². The number of nitrogens with zero attached hydrogens (tertiary/aromatic N) is 5. The minimum Gasteiger partial charge on any atom is -0.392 e. The number of aromatic nitrogens is 3. The second-order valence-electron chi connectivity index (χ2n) is 10.5. The van der Waals surface area contributed by atoms with Gasteiger partial charge in [0.1, 0.15) is 0 Å². The van der Waals surface area contributed by atoms with E-state index in [-0.39, 0.29) is 24.7 Å². The van der Waals surface area contributed by atoms with E-state index in [1.807, 2.05) is 54.6 Å². The summed E-state index contributed by atoms with van der Waals surface area (Å²) in [4.78, 5) is 30.2. The van der Waals surface area contributed by atoms with Crippen LogP contribution in [0.1, 0.15) is 45.9 Å². The van der Waals surface area contributed by atoms with E-state index >= 15 is 0 Å². The highest BCUT2D eigenvalue weighted by molar-refractivity contribution is 6.04. The van der Waals surface area contributed by atoms with E-state index in [0.29, 0.717) is 17.7 Å². The molecular formula is C32H34N6O4. The lowest BCUT2D eigenvalue weighted by Gasteiger charge is -2.40. The van der Waals surface area contributed by atoms with Crippen LogP contribution in [0.3, 0.4) is 0 Å². The van der Waals surface area contributed by atoms with E-state index in [0.717, 1.165) is 55.4 Å². The normalized spacial score (nSPS) is 21.2. The Kier molecular flexibility index (Phi) is 8.76. The smallest absolute Gasteiger partial charge is 0.257 e. The Balaban J connectivity index is 1.17. The summed E-state index contributed by atoms with van der Waals surface area (Å²) < 4.78 is 13.1. The van der Waals surface area contributed by atoms with Gasteiger partial charge in [0.2, 0.25) is 5.95 Å². The van der Waals surface area contributed by atoms with Crippen LogP contribution in [0.5, 0.6) is 0 Å². The fourth-order valence-electron chi connectivity index (χ4n) is 5.37. The Labute approximate surface area is 245 Å².